The molecule has 1 rings (SSSR count). The third kappa shape index (κ3) is 3.41. The Kier molecular flexibility index (Phi) is 5.10. The summed E-state index contributed by atoms with van der Waals surface area (Å²) in [6.45, 7) is 3.07. The molecule has 0 aliphatic rings. The van der Waals surface area contributed by atoms with Gasteiger partial charge in [-0.3, -0.25) is 0 Å². The van der Waals surface area contributed by atoms with E-state index in [0.29, 0.717) is 24.5 Å². The minimum absolute atomic E-state index is 0.520. The third-order valence-electron chi connectivity index (χ3n) is 2.10. The Morgan fingerprint density at radius 2 is 2.25 bits per heavy atom. The Bertz CT molecular complexity index is 405. The first-order valence-corrected chi connectivity index (χ1v) is 5.07. The van der Waals surface area contributed by atoms with Crippen LogP contribution >= 0.6 is 0 Å². The zero-order valence-corrected chi connectivity index (χ0v) is 9.56. The van der Waals surface area contributed by atoms with Gasteiger partial charge in [-0.15, -0.1) is 0 Å². The molecule has 3 nitrogen and oxygen atoms in total. The molecule has 1 aromatic rings. The second-order valence-corrected chi connectivity index (χ2v) is 3.23. The largest absolute Gasteiger partial charge is 0.495 e. The van der Waals surface area contributed by atoms with Crippen LogP contribution in [0.25, 0.3) is 0 Å². The predicted molar refractivity (Wildman–Crippen MR) is 62.2 cm³/mol. The summed E-state index contributed by atoms with van der Waals surface area (Å²) in [4.78, 5) is 0. The van der Waals surface area contributed by atoms with Crippen LogP contribution in [0.5, 0.6) is 5.75 Å². The van der Waals surface area contributed by atoms with E-state index in [1.165, 1.54) is 0 Å². The molecule has 0 aliphatic heterocycles. The monoisotopic (exact) mass is 217 g/mol. The van der Waals surface area contributed by atoms with Crippen LogP contribution in [0.1, 0.15) is 18.1 Å². The van der Waals surface area contributed by atoms with Crippen molar-refractivity contribution in [3.8, 4) is 11.8 Å². The Hall–Kier alpha value is -1.79. The lowest BCUT2D eigenvalue weighted by molar-refractivity contribution is 0.148. The quantitative estimate of drug-likeness (QED) is 0.562. The van der Waals surface area contributed by atoms with Crippen LogP contribution < -0.4 is 4.74 Å². The normalized spacial score (nSPS) is 10.3. The second kappa shape index (κ2) is 6.65. The summed E-state index contributed by atoms with van der Waals surface area (Å²) in [5, 5.41) is 8.82. The van der Waals surface area contributed by atoms with Gasteiger partial charge in [-0.25, -0.2) is 0 Å². The minimum Gasteiger partial charge on any atom is -0.495 e. The molecule has 0 N–H and O–H groups in total. The van der Waals surface area contributed by atoms with Crippen LogP contribution in [0.15, 0.2) is 30.4 Å². The second-order valence-electron chi connectivity index (χ2n) is 3.23. The Labute approximate surface area is 95.9 Å². The number of hydrogen-bond donors (Lipinski definition) is 0. The van der Waals surface area contributed by atoms with E-state index in [0.717, 1.165) is 5.56 Å². The van der Waals surface area contributed by atoms with Crippen molar-refractivity contribution >= 4 is 0 Å². The van der Waals surface area contributed by atoms with Crippen LogP contribution in [0.2, 0.25) is 0 Å². The molecule has 3 heteroatoms. The number of allylic oxidation sites excluding steroid dienone is 1. The number of methoxy groups -OCH3 is 1. The van der Waals surface area contributed by atoms with Crippen molar-refractivity contribution < 1.29 is 9.47 Å². The zero-order chi connectivity index (χ0) is 11.8. The van der Waals surface area contributed by atoms with Gasteiger partial charge >= 0.3 is 0 Å². The van der Waals surface area contributed by atoms with Crippen LogP contribution in [-0.4, -0.2) is 13.7 Å². The Morgan fingerprint density at radius 3 is 2.88 bits per heavy atom. The summed E-state index contributed by atoms with van der Waals surface area (Å²) in [7, 11) is 1.56. The molecule has 0 aliphatic carbocycles. The highest BCUT2D eigenvalue weighted by Crippen LogP contribution is 2.19. The molecular formula is C13H15NO2. The van der Waals surface area contributed by atoms with Gasteiger partial charge in [0.1, 0.15) is 11.8 Å². The molecule has 1 aromatic carbocycles. The molecule has 0 aromatic heterocycles. The summed E-state index contributed by atoms with van der Waals surface area (Å²) < 4.78 is 10.5. The minimum atomic E-state index is 0.520. The Balaban J connectivity index is 2.65. The van der Waals surface area contributed by atoms with Crippen LogP contribution in [-0.2, 0) is 11.3 Å². The van der Waals surface area contributed by atoms with E-state index in [9.17, 15) is 0 Å². The van der Waals surface area contributed by atoms with Gasteiger partial charge in [-0.05, 0) is 24.6 Å². The smallest absolute Gasteiger partial charge is 0.136 e. The number of hydrogen-bond acceptors (Lipinski definition) is 3. The van der Waals surface area contributed by atoms with Gasteiger partial charge in [0.2, 0.25) is 0 Å². The van der Waals surface area contributed by atoms with Crippen LogP contribution in [0.4, 0.5) is 0 Å². The molecule has 0 radical (unpaired) electrons. The van der Waals surface area contributed by atoms with Crippen molar-refractivity contribution in [1.82, 2.24) is 0 Å². The fourth-order valence-corrected chi connectivity index (χ4v) is 1.26. The maximum Gasteiger partial charge on any atom is 0.136 e. The molecule has 0 saturated carbocycles. The molecule has 0 saturated heterocycles. The summed E-state index contributed by atoms with van der Waals surface area (Å²) >= 11 is 0. The van der Waals surface area contributed by atoms with Gasteiger partial charge < -0.3 is 9.47 Å². The highest BCUT2D eigenvalue weighted by molar-refractivity contribution is 5.45. The van der Waals surface area contributed by atoms with E-state index < -0.39 is 0 Å². The number of ether oxygens (including phenoxy) is 2. The molecule has 0 fully saturated rings. The molecule has 0 spiro atoms. The lowest BCUT2D eigenvalue weighted by atomic mass is 10.1. The standard InChI is InChI=1S/C13H15NO2/c1-3-4-7-16-10-11-5-6-12(9-14)13(8-11)15-2/h3-6,8H,7,10H2,1-2H3/b4-3+. The van der Waals surface area contributed by atoms with E-state index in [-0.39, 0.29) is 0 Å². The van der Waals surface area contributed by atoms with Crippen molar-refractivity contribution in [3.05, 3.63) is 41.5 Å². The average molecular weight is 217 g/mol. The van der Waals surface area contributed by atoms with Crippen LogP contribution in [0.3, 0.4) is 0 Å². The molecular weight excluding hydrogens is 202 g/mol. The van der Waals surface area contributed by atoms with Crippen molar-refractivity contribution in [2.24, 2.45) is 0 Å². The summed E-state index contributed by atoms with van der Waals surface area (Å²) in [6, 6.07) is 7.52. The topological polar surface area (TPSA) is 42.2 Å². The van der Waals surface area contributed by atoms with Crippen molar-refractivity contribution in [3.63, 3.8) is 0 Å². The summed E-state index contributed by atoms with van der Waals surface area (Å²) in [6.07, 6.45) is 3.89. The highest BCUT2D eigenvalue weighted by atomic mass is 16.5. The van der Waals surface area contributed by atoms with Gasteiger partial charge in [-0.2, -0.15) is 5.26 Å². The van der Waals surface area contributed by atoms with Gasteiger partial charge in [0, 0.05) is 0 Å². The van der Waals surface area contributed by atoms with Gasteiger partial charge in [0.05, 0.1) is 25.9 Å². The van der Waals surface area contributed by atoms with E-state index >= 15 is 0 Å². The molecule has 0 unspecified atom stereocenters. The first kappa shape index (κ1) is 12.3. The first-order chi connectivity index (χ1) is 7.81. The zero-order valence-electron chi connectivity index (χ0n) is 9.56. The molecule has 0 heterocycles. The number of rotatable bonds is 5. The molecule has 16 heavy (non-hydrogen) atoms. The summed E-state index contributed by atoms with van der Waals surface area (Å²) in [5.41, 5.74) is 1.54. The highest BCUT2D eigenvalue weighted by Gasteiger charge is 2.03. The van der Waals surface area contributed by atoms with E-state index in [1.807, 2.05) is 31.2 Å². The number of nitrogens with zero attached hydrogens (tertiary/aromatic N) is 1. The van der Waals surface area contributed by atoms with Gasteiger partial charge in [0.15, 0.2) is 0 Å². The molecule has 0 atom stereocenters. The maximum atomic E-state index is 8.82. The van der Waals surface area contributed by atoms with E-state index in [2.05, 4.69) is 6.07 Å². The SMILES string of the molecule is C/C=C/COCc1ccc(C#N)c(OC)c1. The lowest BCUT2D eigenvalue weighted by Crippen LogP contribution is -1.95. The summed E-state index contributed by atoms with van der Waals surface area (Å²) in [5.74, 6) is 0.592. The predicted octanol–water partition coefficient (Wildman–Crippen LogP) is 2.66. The third-order valence-corrected chi connectivity index (χ3v) is 2.10. The fraction of sp³-hybridized carbons (Fsp3) is 0.308. The number of nitriles is 1. The lowest BCUT2D eigenvalue weighted by Gasteiger charge is -2.06. The molecule has 0 bridgehead atoms. The Morgan fingerprint density at radius 1 is 1.44 bits per heavy atom. The first-order valence-electron chi connectivity index (χ1n) is 5.07. The maximum absolute atomic E-state index is 8.82. The van der Waals surface area contributed by atoms with Crippen molar-refractivity contribution in [1.29, 1.82) is 5.26 Å². The number of benzene rings is 1. The van der Waals surface area contributed by atoms with Crippen molar-refractivity contribution in [2.75, 3.05) is 13.7 Å². The average Bonchev–Trinajstić information content (AvgIpc) is 2.34. The van der Waals surface area contributed by atoms with E-state index in [4.69, 9.17) is 14.7 Å². The van der Waals surface area contributed by atoms with Gasteiger partial charge in [-0.1, -0.05) is 18.2 Å². The molecule has 0 amide bonds. The van der Waals surface area contributed by atoms with E-state index in [1.54, 1.807) is 13.2 Å². The van der Waals surface area contributed by atoms with Gasteiger partial charge in [0.25, 0.3) is 0 Å². The fourth-order valence-electron chi connectivity index (χ4n) is 1.26. The van der Waals surface area contributed by atoms with Crippen LogP contribution in [0, 0.1) is 11.3 Å². The van der Waals surface area contributed by atoms with Crippen molar-refractivity contribution in [2.45, 2.75) is 13.5 Å². The molecule has 84 valence electrons.